The third-order valence-electron chi connectivity index (χ3n) is 8.00. The highest BCUT2D eigenvalue weighted by atomic mass is 16.7. The van der Waals surface area contributed by atoms with Gasteiger partial charge in [0.2, 0.25) is 0 Å². The summed E-state index contributed by atoms with van der Waals surface area (Å²) < 4.78 is 36.9. The molecule has 1 saturated carbocycles. The van der Waals surface area contributed by atoms with Gasteiger partial charge in [-0.15, -0.1) is 0 Å². The topological polar surface area (TPSA) is 110 Å². The van der Waals surface area contributed by atoms with Gasteiger partial charge in [0.1, 0.15) is 24.2 Å². The van der Waals surface area contributed by atoms with E-state index in [0.29, 0.717) is 39.1 Å². The minimum absolute atomic E-state index is 0.139. The standard InChI is InChI=1S/C33H48O9/c34-28-22-29(42-32-19-11-13-21-38-32)33(27(28)16-8-3-1-2-4-9-17-30(35)36)40-24-26(41-31-18-10-12-20-37-31)23-39-25-14-6-5-7-15-25/h3,5-8,14-15,26-27,29,31-33H,1-2,4,9-13,16-24H2,(H,35,36)/b8-3+. The van der Waals surface area contributed by atoms with Gasteiger partial charge in [-0.2, -0.15) is 0 Å². The molecule has 2 heterocycles. The van der Waals surface area contributed by atoms with Crippen LogP contribution in [0.5, 0.6) is 5.75 Å². The number of carboxylic acids is 1. The number of carbonyl (C=O) groups excluding carboxylic acids is 1. The van der Waals surface area contributed by atoms with Crippen LogP contribution in [0.25, 0.3) is 0 Å². The lowest BCUT2D eigenvalue weighted by Gasteiger charge is -2.32. The molecular formula is C33H48O9. The fraction of sp³-hybridized carbons (Fsp3) is 0.697. The van der Waals surface area contributed by atoms with Crippen molar-refractivity contribution in [2.75, 3.05) is 26.4 Å². The first-order valence-corrected chi connectivity index (χ1v) is 15.8. The summed E-state index contributed by atoms with van der Waals surface area (Å²) in [4.78, 5) is 23.9. The number of benzene rings is 1. The van der Waals surface area contributed by atoms with Crippen LogP contribution in [-0.4, -0.2) is 74.2 Å². The van der Waals surface area contributed by atoms with Crippen LogP contribution in [0.1, 0.15) is 83.5 Å². The van der Waals surface area contributed by atoms with E-state index in [-0.39, 0.29) is 49.5 Å². The molecule has 0 aromatic heterocycles. The minimum Gasteiger partial charge on any atom is -0.491 e. The molecule has 1 aromatic rings. The van der Waals surface area contributed by atoms with E-state index in [2.05, 4.69) is 12.2 Å². The van der Waals surface area contributed by atoms with Gasteiger partial charge >= 0.3 is 5.97 Å². The molecule has 9 heteroatoms. The second kappa shape index (κ2) is 18.4. The lowest BCUT2D eigenvalue weighted by Crippen LogP contribution is -2.40. The van der Waals surface area contributed by atoms with Crippen molar-refractivity contribution in [3.05, 3.63) is 42.5 Å². The van der Waals surface area contributed by atoms with E-state index in [1.165, 1.54) is 0 Å². The number of unbranched alkanes of at least 4 members (excludes halogenated alkanes) is 3. The van der Waals surface area contributed by atoms with Crippen molar-refractivity contribution < 1.29 is 43.1 Å². The molecule has 0 amide bonds. The summed E-state index contributed by atoms with van der Waals surface area (Å²) in [6, 6.07) is 9.63. The minimum atomic E-state index is -0.753. The number of allylic oxidation sites excluding steroid dienone is 2. The Kier molecular flexibility index (Phi) is 14.3. The molecule has 6 atom stereocenters. The first-order chi connectivity index (χ1) is 20.6. The highest BCUT2D eigenvalue weighted by Gasteiger charge is 2.45. The maximum absolute atomic E-state index is 13.2. The van der Waals surface area contributed by atoms with Crippen LogP contribution >= 0.6 is 0 Å². The molecule has 1 aromatic carbocycles. The maximum Gasteiger partial charge on any atom is 0.303 e. The fourth-order valence-corrected chi connectivity index (χ4v) is 5.70. The van der Waals surface area contributed by atoms with Crippen molar-refractivity contribution in [2.45, 2.75) is 114 Å². The summed E-state index contributed by atoms with van der Waals surface area (Å²) in [7, 11) is 0. The van der Waals surface area contributed by atoms with Crippen LogP contribution in [0.15, 0.2) is 42.5 Å². The van der Waals surface area contributed by atoms with Crippen LogP contribution in [0, 0.1) is 5.92 Å². The third kappa shape index (κ3) is 11.4. The SMILES string of the molecule is O=C(O)CCCCC/C=C/CC1C(=O)CC(OC2CCCCO2)C1OCC(COc1ccccc1)OC1CCCCO1. The van der Waals surface area contributed by atoms with Gasteiger partial charge in [0.25, 0.3) is 0 Å². The normalized spacial score (nSPS) is 27.3. The molecule has 2 saturated heterocycles. The Balaban J connectivity index is 1.36. The zero-order valence-electron chi connectivity index (χ0n) is 24.7. The monoisotopic (exact) mass is 588 g/mol. The van der Waals surface area contributed by atoms with Gasteiger partial charge in [-0.1, -0.05) is 36.8 Å². The molecule has 4 rings (SSSR count). The van der Waals surface area contributed by atoms with Crippen molar-refractivity contribution in [3.8, 4) is 5.75 Å². The second-order valence-electron chi connectivity index (χ2n) is 11.4. The molecule has 0 radical (unpaired) electrons. The number of hydrogen-bond acceptors (Lipinski definition) is 8. The average molecular weight is 589 g/mol. The number of Topliss-reactive ketones (excluding diaryl/α,β-unsaturated/α-hetero) is 1. The number of carbonyl (C=O) groups is 2. The molecule has 9 nitrogen and oxygen atoms in total. The van der Waals surface area contributed by atoms with Crippen molar-refractivity contribution in [3.63, 3.8) is 0 Å². The maximum atomic E-state index is 13.2. The number of carboxylic acid groups (broad SMARTS) is 1. The molecule has 0 spiro atoms. The summed E-state index contributed by atoms with van der Waals surface area (Å²) in [5.41, 5.74) is 0. The second-order valence-corrected chi connectivity index (χ2v) is 11.4. The van der Waals surface area contributed by atoms with E-state index in [0.717, 1.165) is 63.5 Å². The summed E-state index contributed by atoms with van der Waals surface area (Å²) in [6.07, 6.45) is 12.6. The molecule has 234 valence electrons. The van der Waals surface area contributed by atoms with Crippen molar-refractivity contribution in [1.29, 1.82) is 0 Å². The van der Waals surface area contributed by atoms with E-state index >= 15 is 0 Å². The third-order valence-corrected chi connectivity index (χ3v) is 8.00. The number of ether oxygens (including phenoxy) is 6. The summed E-state index contributed by atoms with van der Waals surface area (Å²) in [6.45, 7) is 1.90. The number of hydrogen-bond donors (Lipinski definition) is 1. The Labute approximate surface area is 249 Å². The highest BCUT2D eigenvalue weighted by molar-refractivity contribution is 5.85. The Hall–Kier alpha value is -2.30. The molecule has 1 aliphatic carbocycles. The molecule has 1 N–H and O–H groups in total. The largest absolute Gasteiger partial charge is 0.491 e. The van der Waals surface area contributed by atoms with E-state index in [1.807, 2.05) is 30.3 Å². The van der Waals surface area contributed by atoms with Crippen LogP contribution in [-0.2, 0) is 33.3 Å². The lowest BCUT2D eigenvalue weighted by atomic mass is 9.99. The molecular weight excluding hydrogens is 540 g/mol. The average Bonchev–Trinajstić information content (AvgIpc) is 3.30. The van der Waals surface area contributed by atoms with Crippen LogP contribution in [0.3, 0.4) is 0 Å². The molecule has 3 fully saturated rings. The predicted molar refractivity (Wildman–Crippen MR) is 156 cm³/mol. The summed E-state index contributed by atoms with van der Waals surface area (Å²) >= 11 is 0. The van der Waals surface area contributed by atoms with Crippen LogP contribution in [0.4, 0.5) is 0 Å². The van der Waals surface area contributed by atoms with Gasteiger partial charge in [-0.05, 0) is 76.3 Å². The van der Waals surface area contributed by atoms with Gasteiger partial charge in [-0.3, -0.25) is 9.59 Å². The smallest absolute Gasteiger partial charge is 0.303 e. The van der Waals surface area contributed by atoms with E-state index in [9.17, 15) is 9.59 Å². The zero-order chi connectivity index (χ0) is 29.4. The first kappa shape index (κ1) is 32.6. The molecule has 0 bridgehead atoms. The van der Waals surface area contributed by atoms with Gasteiger partial charge in [0.05, 0.1) is 24.7 Å². The molecule has 2 aliphatic heterocycles. The predicted octanol–water partition coefficient (Wildman–Crippen LogP) is 5.84. The van der Waals surface area contributed by atoms with Crippen molar-refractivity contribution >= 4 is 11.8 Å². The highest BCUT2D eigenvalue weighted by Crippen LogP contribution is 2.33. The summed E-state index contributed by atoms with van der Waals surface area (Å²) in [5.74, 6) is -0.172. The summed E-state index contributed by atoms with van der Waals surface area (Å²) in [5, 5.41) is 8.80. The van der Waals surface area contributed by atoms with Gasteiger partial charge in [0.15, 0.2) is 12.6 Å². The zero-order valence-corrected chi connectivity index (χ0v) is 24.7. The van der Waals surface area contributed by atoms with Crippen LogP contribution in [0.2, 0.25) is 0 Å². The van der Waals surface area contributed by atoms with E-state index < -0.39 is 12.1 Å². The lowest BCUT2D eigenvalue weighted by molar-refractivity contribution is -0.226. The van der Waals surface area contributed by atoms with Gasteiger partial charge in [-0.25, -0.2) is 0 Å². The molecule has 6 unspecified atom stereocenters. The number of rotatable bonds is 18. The van der Waals surface area contributed by atoms with E-state index in [1.54, 1.807) is 0 Å². The fourth-order valence-electron chi connectivity index (χ4n) is 5.70. The number of aliphatic carboxylic acids is 1. The molecule has 3 aliphatic rings. The Morgan fingerprint density at radius 3 is 2.43 bits per heavy atom. The first-order valence-electron chi connectivity index (χ1n) is 15.8. The number of ketones is 1. The van der Waals surface area contributed by atoms with Crippen LogP contribution < -0.4 is 4.74 Å². The Morgan fingerprint density at radius 2 is 1.71 bits per heavy atom. The quantitative estimate of drug-likeness (QED) is 0.167. The molecule has 42 heavy (non-hydrogen) atoms. The Bertz CT molecular complexity index is 940. The van der Waals surface area contributed by atoms with Crippen molar-refractivity contribution in [2.24, 2.45) is 5.92 Å². The van der Waals surface area contributed by atoms with Crippen molar-refractivity contribution in [1.82, 2.24) is 0 Å². The number of para-hydroxylation sites is 1. The van der Waals surface area contributed by atoms with E-state index in [4.69, 9.17) is 33.5 Å². The Morgan fingerprint density at radius 1 is 0.952 bits per heavy atom. The van der Waals surface area contributed by atoms with Gasteiger partial charge < -0.3 is 33.5 Å². The van der Waals surface area contributed by atoms with Gasteiger partial charge in [0, 0.05) is 26.1 Å².